The molecule has 3 aliphatic rings. The lowest BCUT2D eigenvalue weighted by Gasteiger charge is -2.30. The Morgan fingerprint density at radius 1 is 1.06 bits per heavy atom. The number of fused-ring (bicyclic) bond motifs is 3. The van der Waals surface area contributed by atoms with Gasteiger partial charge in [-0.15, -0.1) is 0 Å². The van der Waals surface area contributed by atoms with Crippen LogP contribution >= 0.6 is 12.2 Å². The number of rotatable bonds is 6. The molecule has 2 fully saturated rings. The molecule has 0 radical (unpaired) electrons. The van der Waals surface area contributed by atoms with Crippen molar-refractivity contribution in [1.82, 2.24) is 20.6 Å². The topological polar surface area (TPSA) is 65.1 Å². The van der Waals surface area contributed by atoms with Crippen molar-refractivity contribution in [2.24, 2.45) is 17.8 Å². The van der Waals surface area contributed by atoms with Gasteiger partial charge in [-0.1, -0.05) is 24.3 Å². The lowest BCUT2D eigenvalue weighted by molar-refractivity contribution is 0.335. The fraction of sp³-hybridized carbons (Fsp3) is 0.560. The number of aromatic nitrogens is 2. The van der Waals surface area contributed by atoms with E-state index in [1.165, 1.54) is 25.7 Å². The maximum atomic E-state index is 5.58. The standard InChI is InChI=1S/C25H34N6S/c1-31(2)23-20-5-3-4-6-21(20)28-24(30-23)27-19-11-8-16(9-12-19)15-26-25(32)29-22-14-17-7-10-18(22)13-17/h3-7,10,16-19,22H,8-9,11-15H2,1-2H3,(H2,26,29,32)(H,27,28,30)/t16-,17?,18?,19+,22?. The van der Waals surface area contributed by atoms with Crippen molar-refractivity contribution in [2.45, 2.75) is 50.6 Å². The van der Waals surface area contributed by atoms with Gasteiger partial charge in [0.25, 0.3) is 0 Å². The van der Waals surface area contributed by atoms with Crippen molar-refractivity contribution in [2.75, 3.05) is 30.9 Å². The van der Waals surface area contributed by atoms with Gasteiger partial charge >= 0.3 is 0 Å². The average Bonchev–Trinajstić information content (AvgIpc) is 3.41. The van der Waals surface area contributed by atoms with Gasteiger partial charge in [0, 0.05) is 38.1 Å². The first-order valence-electron chi connectivity index (χ1n) is 12.0. The van der Waals surface area contributed by atoms with Crippen LogP contribution in [0.3, 0.4) is 0 Å². The predicted molar refractivity (Wildman–Crippen MR) is 136 cm³/mol. The Bertz CT molecular complexity index is 997. The summed E-state index contributed by atoms with van der Waals surface area (Å²) in [6.45, 7) is 0.965. The second-order valence-corrected chi connectivity index (χ2v) is 10.3. The van der Waals surface area contributed by atoms with Gasteiger partial charge in [-0.25, -0.2) is 4.98 Å². The highest BCUT2D eigenvalue weighted by molar-refractivity contribution is 7.80. The van der Waals surface area contributed by atoms with E-state index in [4.69, 9.17) is 22.2 Å². The van der Waals surface area contributed by atoms with Crippen LogP contribution in [0.15, 0.2) is 36.4 Å². The minimum Gasteiger partial charge on any atom is -0.362 e. The molecule has 2 saturated carbocycles. The second kappa shape index (κ2) is 9.22. The fourth-order valence-electron chi connectivity index (χ4n) is 5.56. The summed E-state index contributed by atoms with van der Waals surface area (Å²) in [5, 5.41) is 12.6. The van der Waals surface area contributed by atoms with E-state index < -0.39 is 0 Å². The zero-order chi connectivity index (χ0) is 22.1. The highest BCUT2D eigenvalue weighted by Crippen LogP contribution is 2.39. The van der Waals surface area contributed by atoms with Crippen LogP contribution < -0.4 is 20.9 Å². The van der Waals surface area contributed by atoms with E-state index >= 15 is 0 Å². The molecule has 1 aromatic heterocycles. The van der Waals surface area contributed by atoms with Crippen molar-refractivity contribution < 1.29 is 0 Å². The van der Waals surface area contributed by atoms with E-state index in [0.29, 0.717) is 23.9 Å². The molecule has 32 heavy (non-hydrogen) atoms. The van der Waals surface area contributed by atoms with Crippen molar-refractivity contribution in [3.63, 3.8) is 0 Å². The van der Waals surface area contributed by atoms with Crippen LogP contribution in [0.1, 0.15) is 38.5 Å². The van der Waals surface area contributed by atoms with Gasteiger partial charge < -0.3 is 20.9 Å². The quantitative estimate of drug-likeness (QED) is 0.452. The number of nitrogens with one attached hydrogen (secondary N) is 3. The van der Waals surface area contributed by atoms with Crippen molar-refractivity contribution in [3.8, 4) is 0 Å². The molecular weight excluding hydrogens is 416 g/mol. The summed E-state index contributed by atoms with van der Waals surface area (Å²) in [5.74, 6) is 3.81. The number of thiocarbonyl (C=S) groups is 1. The largest absolute Gasteiger partial charge is 0.362 e. The molecule has 170 valence electrons. The Morgan fingerprint density at radius 3 is 2.59 bits per heavy atom. The molecule has 6 nitrogen and oxygen atoms in total. The summed E-state index contributed by atoms with van der Waals surface area (Å²) in [6.07, 6.45) is 11.9. The third-order valence-corrected chi connectivity index (χ3v) is 7.60. The van der Waals surface area contributed by atoms with E-state index in [-0.39, 0.29) is 0 Å². The number of benzene rings is 1. The van der Waals surface area contributed by atoms with Crippen LogP contribution in [0, 0.1) is 17.8 Å². The summed E-state index contributed by atoms with van der Waals surface area (Å²) >= 11 is 5.58. The number of para-hydroxylation sites is 1. The third-order valence-electron chi connectivity index (χ3n) is 7.33. The van der Waals surface area contributed by atoms with Crippen LogP contribution in [-0.2, 0) is 0 Å². The van der Waals surface area contributed by atoms with Crippen LogP contribution in [0.2, 0.25) is 0 Å². The Morgan fingerprint density at radius 2 is 1.88 bits per heavy atom. The number of hydrogen-bond donors (Lipinski definition) is 3. The second-order valence-electron chi connectivity index (χ2n) is 9.89. The Balaban J connectivity index is 1.10. The van der Waals surface area contributed by atoms with Crippen LogP contribution in [-0.4, -0.2) is 47.8 Å². The first-order valence-corrected chi connectivity index (χ1v) is 12.4. The fourth-order valence-corrected chi connectivity index (χ4v) is 5.80. The summed E-state index contributed by atoms with van der Waals surface area (Å²) in [6, 6.07) is 9.16. The first kappa shape index (κ1) is 21.4. The van der Waals surface area contributed by atoms with E-state index in [9.17, 15) is 0 Å². The van der Waals surface area contributed by atoms with Gasteiger partial charge in [0.1, 0.15) is 5.82 Å². The normalized spacial score (nSPS) is 28.6. The summed E-state index contributed by atoms with van der Waals surface area (Å²) < 4.78 is 0. The molecule has 3 aliphatic carbocycles. The highest BCUT2D eigenvalue weighted by atomic mass is 32.1. The number of hydrogen-bond acceptors (Lipinski definition) is 5. The SMILES string of the molecule is CN(C)c1nc(N[C@H]2CC[C@@H](CNC(=S)NC3CC4C=CC3C4)CC2)nc2ccccc12. The van der Waals surface area contributed by atoms with Gasteiger partial charge in [-0.05, 0) is 80.6 Å². The molecule has 3 N–H and O–H groups in total. The average molecular weight is 451 g/mol. The number of allylic oxidation sites excluding steroid dienone is 1. The molecule has 3 unspecified atom stereocenters. The Hall–Kier alpha value is -2.41. The maximum Gasteiger partial charge on any atom is 0.225 e. The monoisotopic (exact) mass is 450 g/mol. The molecule has 1 aromatic carbocycles. The molecular formula is C25H34N6S. The highest BCUT2D eigenvalue weighted by Gasteiger charge is 2.35. The summed E-state index contributed by atoms with van der Waals surface area (Å²) in [4.78, 5) is 11.6. The van der Waals surface area contributed by atoms with Gasteiger partial charge in [0.15, 0.2) is 5.11 Å². The molecule has 2 bridgehead atoms. The van der Waals surface area contributed by atoms with Crippen LogP contribution in [0.25, 0.3) is 10.9 Å². The minimum atomic E-state index is 0.424. The van der Waals surface area contributed by atoms with E-state index in [1.54, 1.807) is 0 Å². The minimum absolute atomic E-state index is 0.424. The molecule has 7 heteroatoms. The van der Waals surface area contributed by atoms with Crippen molar-refractivity contribution in [3.05, 3.63) is 36.4 Å². The zero-order valence-corrected chi connectivity index (χ0v) is 19.9. The summed E-state index contributed by atoms with van der Waals surface area (Å²) in [7, 11) is 4.06. The molecule has 1 heterocycles. The van der Waals surface area contributed by atoms with Crippen LogP contribution in [0.5, 0.6) is 0 Å². The van der Waals surface area contributed by atoms with Crippen molar-refractivity contribution >= 4 is 40.0 Å². The summed E-state index contributed by atoms with van der Waals surface area (Å²) in [5.41, 5.74) is 0.985. The molecule has 0 aliphatic heterocycles. The van der Waals surface area contributed by atoms with Gasteiger partial charge in [0.2, 0.25) is 5.95 Å². The van der Waals surface area contributed by atoms with Gasteiger partial charge in [-0.2, -0.15) is 4.98 Å². The number of anilines is 2. The zero-order valence-electron chi connectivity index (χ0n) is 19.1. The smallest absolute Gasteiger partial charge is 0.225 e. The predicted octanol–water partition coefficient (Wildman–Crippen LogP) is 4.10. The molecule has 0 saturated heterocycles. The molecule has 5 rings (SSSR count). The first-order chi connectivity index (χ1) is 15.5. The van der Waals surface area contributed by atoms with E-state index in [1.807, 2.05) is 26.2 Å². The maximum absolute atomic E-state index is 5.58. The van der Waals surface area contributed by atoms with Gasteiger partial charge in [-0.3, -0.25) is 0 Å². The lowest BCUT2D eigenvalue weighted by Crippen LogP contribution is -2.45. The molecule has 0 amide bonds. The molecule has 0 spiro atoms. The molecule has 3 atom stereocenters. The number of nitrogens with zero attached hydrogens (tertiary/aromatic N) is 3. The molecule has 2 aromatic rings. The Kier molecular flexibility index (Phi) is 6.17. The van der Waals surface area contributed by atoms with Gasteiger partial charge in [0.05, 0.1) is 5.52 Å². The van der Waals surface area contributed by atoms with E-state index in [2.05, 4.69) is 45.1 Å². The lowest BCUT2D eigenvalue weighted by atomic mass is 9.86. The Labute approximate surface area is 196 Å². The van der Waals surface area contributed by atoms with Crippen LogP contribution in [0.4, 0.5) is 11.8 Å². The van der Waals surface area contributed by atoms with E-state index in [0.717, 1.165) is 53.1 Å². The van der Waals surface area contributed by atoms with Crippen molar-refractivity contribution in [1.29, 1.82) is 0 Å². The third kappa shape index (κ3) is 4.68.